The third-order valence-electron chi connectivity index (χ3n) is 4.80. The Morgan fingerprint density at radius 1 is 1.23 bits per heavy atom. The van der Waals surface area contributed by atoms with Gasteiger partial charge in [0.1, 0.15) is 5.75 Å². The molecule has 0 amide bonds. The van der Waals surface area contributed by atoms with E-state index < -0.39 is 0 Å². The predicted molar refractivity (Wildman–Crippen MR) is 114 cm³/mol. The van der Waals surface area contributed by atoms with Gasteiger partial charge >= 0.3 is 0 Å². The first kappa shape index (κ1) is 20.9. The van der Waals surface area contributed by atoms with Crippen LogP contribution in [0.4, 0.5) is 0 Å². The van der Waals surface area contributed by atoms with Crippen LogP contribution >= 0.6 is 11.8 Å². The molecule has 2 N–H and O–H groups in total. The highest BCUT2D eigenvalue weighted by Gasteiger charge is 2.23. The number of methoxy groups -OCH3 is 1. The van der Waals surface area contributed by atoms with Crippen molar-refractivity contribution in [3.63, 3.8) is 0 Å². The Morgan fingerprint density at radius 2 is 1.92 bits per heavy atom. The van der Waals surface area contributed by atoms with Crippen LogP contribution in [0.3, 0.4) is 0 Å². The highest BCUT2D eigenvalue weighted by Crippen LogP contribution is 2.26. The van der Waals surface area contributed by atoms with Gasteiger partial charge in [0.05, 0.1) is 19.7 Å². The number of hydrogen-bond donors (Lipinski definition) is 2. The first-order chi connectivity index (χ1) is 12.7. The second-order valence-electron chi connectivity index (χ2n) is 6.68. The van der Waals surface area contributed by atoms with Crippen LogP contribution < -0.4 is 15.4 Å². The number of likely N-dealkylation sites (tertiary alicyclic amines) is 1. The summed E-state index contributed by atoms with van der Waals surface area (Å²) in [7, 11) is 1.71. The maximum Gasteiger partial charge on any atom is 0.191 e. The van der Waals surface area contributed by atoms with Crippen LogP contribution in [0.2, 0.25) is 0 Å². The molecule has 0 aromatic heterocycles. The second kappa shape index (κ2) is 11.3. The van der Waals surface area contributed by atoms with Crippen molar-refractivity contribution < 1.29 is 4.74 Å². The summed E-state index contributed by atoms with van der Waals surface area (Å²) >= 11 is 1.85. The van der Waals surface area contributed by atoms with Crippen LogP contribution in [-0.4, -0.2) is 62.2 Å². The smallest absolute Gasteiger partial charge is 0.191 e. The van der Waals surface area contributed by atoms with Gasteiger partial charge in [0.25, 0.3) is 0 Å². The van der Waals surface area contributed by atoms with Crippen molar-refractivity contribution in [2.45, 2.75) is 38.0 Å². The fraction of sp³-hybridized carbons (Fsp3) is 0.650. The van der Waals surface area contributed by atoms with Crippen LogP contribution in [0.25, 0.3) is 0 Å². The zero-order chi connectivity index (χ0) is 18.8. The van der Waals surface area contributed by atoms with Gasteiger partial charge in [0, 0.05) is 18.3 Å². The summed E-state index contributed by atoms with van der Waals surface area (Å²) < 4.78 is 5.31. The average Bonchev–Trinajstić information content (AvgIpc) is 3.20. The van der Waals surface area contributed by atoms with Crippen LogP contribution in [0.1, 0.15) is 38.3 Å². The minimum absolute atomic E-state index is 0.352. The van der Waals surface area contributed by atoms with E-state index in [0.717, 1.165) is 44.4 Å². The molecule has 1 aliphatic rings. The van der Waals surface area contributed by atoms with E-state index in [2.05, 4.69) is 59.9 Å². The number of hydrogen-bond acceptors (Lipinski definition) is 4. The van der Waals surface area contributed by atoms with Gasteiger partial charge in [-0.2, -0.15) is 11.8 Å². The molecule has 6 heteroatoms. The normalized spacial score (nSPS) is 17.8. The van der Waals surface area contributed by atoms with Gasteiger partial charge in [-0.3, -0.25) is 9.89 Å². The summed E-state index contributed by atoms with van der Waals surface area (Å²) in [6.07, 6.45) is 4.70. The molecule has 146 valence electrons. The van der Waals surface area contributed by atoms with Crippen molar-refractivity contribution >= 4 is 17.7 Å². The minimum atomic E-state index is 0.352. The van der Waals surface area contributed by atoms with Gasteiger partial charge < -0.3 is 15.4 Å². The molecule has 0 spiro atoms. The number of benzene rings is 1. The lowest BCUT2D eigenvalue weighted by atomic mass is 10.1. The lowest BCUT2D eigenvalue weighted by Crippen LogP contribution is -2.43. The van der Waals surface area contributed by atoms with Crippen LogP contribution in [0.15, 0.2) is 29.3 Å². The molecule has 0 aliphatic carbocycles. The summed E-state index contributed by atoms with van der Waals surface area (Å²) in [5, 5.41) is 7.46. The van der Waals surface area contributed by atoms with Crippen molar-refractivity contribution in [3.8, 4) is 5.75 Å². The Morgan fingerprint density at radius 3 is 2.50 bits per heavy atom. The molecule has 0 radical (unpaired) electrons. The summed E-state index contributed by atoms with van der Waals surface area (Å²) in [4.78, 5) is 7.31. The first-order valence-electron chi connectivity index (χ1n) is 9.60. The lowest BCUT2D eigenvalue weighted by molar-refractivity contribution is 0.245. The molecule has 0 bridgehead atoms. The first-order valence-corrected chi connectivity index (χ1v) is 10.9. The van der Waals surface area contributed by atoms with Crippen LogP contribution in [0.5, 0.6) is 5.75 Å². The molecule has 2 rings (SSSR count). The maximum absolute atomic E-state index is 5.31. The Kier molecular flexibility index (Phi) is 9.12. The summed E-state index contributed by atoms with van der Waals surface area (Å²) in [6, 6.07) is 8.83. The highest BCUT2D eigenvalue weighted by atomic mass is 32.2. The van der Waals surface area contributed by atoms with Gasteiger partial charge in [0.15, 0.2) is 5.96 Å². The largest absolute Gasteiger partial charge is 0.497 e. The average molecular weight is 379 g/mol. The van der Waals surface area contributed by atoms with E-state index >= 15 is 0 Å². The van der Waals surface area contributed by atoms with E-state index in [4.69, 9.17) is 9.73 Å². The third-order valence-corrected chi connectivity index (χ3v) is 5.75. The molecule has 2 atom stereocenters. The van der Waals surface area contributed by atoms with Crippen molar-refractivity contribution in [2.75, 3.05) is 46.1 Å². The van der Waals surface area contributed by atoms with Crippen molar-refractivity contribution in [1.82, 2.24) is 15.5 Å². The maximum atomic E-state index is 5.31. The monoisotopic (exact) mass is 378 g/mol. The fourth-order valence-corrected chi connectivity index (χ4v) is 3.39. The van der Waals surface area contributed by atoms with Gasteiger partial charge in [-0.15, -0.1) is 0 Å². The van der Waals surface area contributed by atoms with Crippen molar-refractivity contribution in [1.29, 1.82) is 0 Å². The highest BCUT2D eigenvalue weighted by molar-refractivity contribution is 7.99. The number of thioether (sulfide) groups is 1. The van der Waals surface area contributed by atoms with E-state index in [0.29, 0.717) is 11.3 Å². The van der Waals surface area contributed by atoms with Crippen LogP contribution in [0, 0.1) is 0 Å². The molecular weight excluding hydrogens is 344 g/mol. The third kappa shape index (κ3) is 6.40. The topological polar surface area (TPSA) is 48.9 Å². The Balaban J connectivity index is 2.06. The molecule has 5 nitrogen and oxygen atoms in total. The van der Waals surface area contributed by atoms with Gasteiger partial charge in [-0.25, -0.2) is 0 Å². The molecule has 1 aliphatic heterocycles. The molecular formula is C20H34N4OS. The summed E-state index contributed by atoms with van der Waals surface area (Å²) in [5.74, 6) is 1.81. The molecule has 26 heavy (non-hydrogen) atoms. The van der Waals surface area contributed by atoms with E-state index in [1.165, 1.54) is 18.4 Å². The van der Waals surface area contributed by atoms with Gasteiger partial charge in [-0.1, -0.05) is 19.1 Å². The number of guanidine groups is 1. The fourth-order valence-electron chi connectivity index (χ4n) is 3.17. The number of ether oxygens (including phenoxy) is 1. The minimum Gasteiger partial charge on any atom is -0.497 e. The Hall–Kier alpha value is -1.40. The summed E-state index contributed by atoms with van der Waals surface area (Å²) in [5.41, 5.74) is 1.33. The van der Waals surface area contributed by atoms with Crippen molar-refractivity contribution in [2.24, 2.45) is 4.99 Å². The quantitative estimate of drug-likeness (QED) is 0.511. The van der Waals surface area contributed by atoms with E-state index in [-0.39, 0.29) is 0 Å². The molecule has 0 saturated carbocycles. The predicted octanol–water partition coefficient (Wildman–Crippen LogP) is 3.14. The molecule has 1 fully saturated rings. The van der Waals surface area contributed by atoms with Gasteiger partial charge in [-0.05, 0) is 56.8 Å². The molecule has 2 unspecified atom stereocenters. The second-order valence-corrected chi connectivity index (χ2v) is 7.96. The Bertz CT molecular complexity index is 543. The molecule has 1 saturated heterocycles. The number of aliphatic imine (C=N–C) groups is 1. The molecule has 1 aromatic rings. The molecule has 1 aromatic carbocycles. The number of rotatable bonds is 9. The van der Waals surface area contributed by atoms with Crippen molar-refractivity contribution in [3.05, 3.63) is 29.8 Å². The van der Waals surface area contributed by atoms with Crippen LogP contribution in [-0.2, 0) is 0 Å². The number of nitrogens with one attached hydrogen (secondary N) is 2. The summed E-state index contributed by atoms with van der Waals surface area (Å²) in [6.45, 7) is 9.19. The van der Waals surface area contributed by atoms with E-state index in [9.17, 15) is 0 Å². The zero-order valence-electron chi connectivity index (χ0n) is 16.6. The Labute approximate surface area is 163 Å². The lowest BCUT2D eigenvalue weighted by Gasteiger charge is -2.29. The molecule has 1 heterocycles. The number of nitrogens with zero attached hydrogens (tertiary/aromatic N) is 2. The standard InChI is InChI=1S/C20H34N4OS/c1-5-21-20(22-14-16(2)26-4)23-15-19(24-12-6-7-13-24)17-8-10-18(25-3)11-9-17/h8-11,16,19H,5-7,12-15H2,1-4H3,(H2,21,22,23). The van der Waals surface area contributed by atoms with E-state index in [1.54, 1.807) is 7.11 Å². The van der Waals surface area contributed by atoms with Gasteiger partial charge in [0.2, 0.25) is 0 Å². The zero-order valence-corrected chi connectivity index (χ0v) is 17.4. The SMILES string of the molecule is CCNC(=NCC(C)SC)NCC(c1ccc(OC)cc1)N1CCCC1. The van der Waals surface area contributed by atoms with E-state index in [1.807, 2.05) is 11.8 Å².